The average Bonchev–Trinajstić information content (AvgIpc) is 2.81. The number of nitrogens with zero attached hydrogens (tertiary/aromatic N) is 2. The fourth-order valence-electron chi connectivity index (χ4n) is 1.31. The molecule has 0 saturated carbocycles. The van der Waals surface area contributed by atoms with Gasteiger partial charge in [0, 0.05) is 32.0 Å². The Morgan fingerprint density at radius 2 is 2.22 bits per heavy atom. The number of hydrogen-bond acceptors (Lipinski definition) is 4. The number of aliphatic carboxylic acids is 1. The van der Waals surface area contributed by atoms with Gasteiger partial charge in [-0.2, -0.15) is 5.10 Å². The summed E-state index contributed by atoms with van der Waals surface area (Å²) in [6, 6.07) is 0.101. The van der Waals surface area contributed by atoms with Crippen molar-refractivity contribution in [3.63, 3.8) is 0 Å². The Hall–Kier alpha value is -2.09. The fraction of sp³-hybridized carbons (Fsp3) is 0.500. The van der Waals surface area contributed by atoms with Crippen molar-refractivity contribution < 1.29 is 19.8 Å². The molecule has 0 radical (unpaired) electrons. The van der Waals surface area contributed by atoms with Gasteiger partial charge in [0.1, 0.15) is 6.04 Å². The summed E-state index contributed by atoms with van der Waals surface area (Å²) in [5.41, 5.74) is 0. The molecular weight excluding hydrogens is 240 g/mol. The number of rotatable bonds is 7. The Morgan fingerprint density at radius 3 is 2.78 bits per heavy atom. The standard InChI is InChI=1S/C10H16N4O4/c15-7-2-8(9(16)17)13-10(18)11-4-6-14-5-1-3-12-14/h1,3,5,8,15H,2,4,6-7H2,(H,16,17)(H2,11,13,18). The van der Waals surface area contributed by atoms with Gasteiger partial charge in [-0.3, -0.25) is 4.68 Å². The van der Waals surface area contributed by atoms with E-state index in [-0.39, 0.29) is 13.0 Å². The Morgan fingerprint density at radius 1 is 1.44 bits per heavy atom. The first-order valence-corrected chi connectivity index (χ1v) is 5.49. The maximum absolute atomic E-state index is 11.4. The van der Waals surface area contributed by atoms with Gasteiger partial charge in [-0.1, -0.05) is 0 Å². The molecule has 0 spiro atoms. The Kier molecular flexibility index (Phi) is 5.65. The van der Waals surface area contributed by atoms with E-state index >= 15 is 0 Å². The predicted molar refractivity (Wildman–Crippen MR) is 61.9 cm³/mol. The van der Waals surface area contributed by atoms with Crippen LogP contribution in [-0.4, -0.2) is 51.2 Å². The highest BCUT2D eigenvalue weighted by molar-refractivity contribution is 5.82. The van der Waals surface area contributed by atoms with Gasteiger partial charge in [-0.15, -0.1) is 0 Å². The number of carbonyl (C=O) groups excluding carboxylic acids is 1. The molecule has 1 rings (SSSR count). The summed E-state index contributed by atoms with van der Waals surface area (Å²) in [7, 11) is 0. The molecule has 18 heavy (non-hydrogen) atoms. The van der Waals surface area contributed by atoms with Crippen LogP contribution < -0.4 is 10.6 Å². The maximum atomic E-state index is 11.4. The molecule has 1 aromatic heterocycles. The molecule has 1 unspecified atom stereocenters. The van der Waals surface area contributed by atoms with E-state index in [9.17, 15) is 9.59 Å². The van der Waals surface area contributed by atoms with Crippen LogP contribution in [0.2, 0.25) is 0 Å². The number of hydrogen-bond donors (Lipinski definition) is 4. The summed E-state index contributed by atoms with van der Waals surface area (Å²) >= 11 is 0. The minimum atomic E-state index is -1.17. The van der Waals surface area contributed by atoms with Crippen LogP contribution in [0.4, 0.5) is 4.79 Å². The summed E-state index contributed by atoms with van der Waals surface area (Å²) in [6.45, 7) is 0.529. The molecule has 0 aliphatic carbocycles. The smallest absolute Gasteiger partial charge is 0.326 e. The topological polar surface area (TPSA) is 116 Å². The molecule has 0 aromatic carbocycles. The van der Waals surface area contributed by atoms with Crippen molar-refractivity contribution in [1.82, 2.24) is 20.4 Å². The molecule has 100 valence electrons. The van der Waals surface area contributed by atoms with Crippen molar-refractivity contribution in [2.24, 2.45) is 0 Å². The third kappa shape index (κ3) is 4.83. The lowest BCUT2D eigenvalue weighted by Crippen LogP contribution is -2.47. The number of carboxylic acids is 1. The van der Waals surface area contributed by atoms with Crippen LogP contribution >= 0.6 is 0 Å². The van der Waals surface area contributed by atoms with E-state index in [4.69, 9.17) is 10.2 Å². The molecule has 1 aromatic rings. The highest BCUT2D eigenvalue weighted by Crippen LogP contribution is 1.91. The number of amides is 2. The van der Waals surface area contributed by atoms with Crippen molar-refractivity contribution in [3.8, 4) is 0 Å². The van der Waals surface area contributed by atoms with E-state index in [1.165, 1.54) is 0 Å². The SMILES string of the molecule is O=C(NCCn1cccn1)NC(CCO)C(=O)O. The lowest BCUT2D eigenvalue weighted by molar-refractivity contribution is -0.139. The third-order valence-corrected chi connectivity index (χ3v) is 2.21. The minimum absolute atomic E-state index is 0.0259. The summed E-state index contributed by atoms with van der Waals surface area (Å²) in [4.78, 5) is 22.1. The zero-order valence-corrected chi connectivity index (χ0v) is 9.74. The van der Waals surface area contributed by atoms with Crippen molar-refractivity contribution >= 4 is 12.0 Å². The fourth-order valence-corrected chi connectivity index (χ4v) is 1.31. The Bertz CT molecular complexity index is 379. The third-order valence-electron chi connectivity index (χ3n) is 2.21. The highest BCUT2D eigenvalue weighted by atomic mass is 16.4. The quantitative estimate of drug-likeness (QED) is 0.500. The number of carbonyl (C=O) groups is 2. The zero-order chi connectivity index (χ0) is 13.4. The lowest BCUT2D eigenvalue weighted by atomic mass is 10.2. The van der Waals surface area contributed by atoms with Gasteiger partial charge in [0.05, 0.1) is 6.54 Å². The molecule has 0 aliphatic heterocycles. The molecule has 1 atom stereocenters. The van der Waals surface area contributed by atoms with E-state index in [1.807, 2.05) is 0 Å². The minimum Gasteiger partial charge on any atom is -0.480 e. The van der Waals surface area contributed by atoms with E-state index in [0.717, 1.165) is 0 Å². The van der Waals surface area contributed by atoms with Gasteiger partial charge in [0.15, 0.2) is 0 Å². The monoisotopic (exact) mass is 256 g/mol. The van der Waals surface area contributed by atoms with E-state index in [1.54, 1.807) is 23.1 Å². The van der Waals surface area contributed by atoms with E-state index in [0.29, 0.717) is 13.1 Å². The molecular formula is C10H16N4O4. The van der Waals surface area contributed by atoms with Crippen molar-refractivity contribution in [3.05, 3.63) is 18.5 Å². The first-order valence-electron chi connectivity index (χ1n) is 5.49. The van der Waals surface area contributed by atoms with Crippen molar-refractivity contribution in [1.29, 1.82) is 0 Å². The molecule has 0 saturated heterocycles. The number of urea groups is 1. The predicted octanol–water partition coefficient (Wildman–Crippen LogP) is -0.982. The summed E-state index contributed by atoms with van der Waals surface area (Å²) < 4.78 is 1.64. The van der Waals surface area contributed by atoms with Gasteiger partial charge in [-0.25, -0.2) is 9.59 Å². The van der Waals surface area contributed by atoms with Gasteiger partial charge in [-0.05, 0) is 6.07 Å². The van der Waals surface area contributed by atoms with Gasteiger partial charge < -0.3 is 20.8 Å². The Balaban J connectivity index is 2.25. The van der Waals surface area contributed by atoms with Crippen molar-refractivity contribution in [2.75, 3.05) is 13.2 Å². The van der Waals surface area contributed by atoms with Gasteiger partial charge in [0.2, 0.25) is 0 Å². The normalized spacial score (nSPS) is 11.8. The Labute approximate surface area is 104 Å². The average molecular weight is 256 g/mol. The number of nitrogens with one attached hydrogen (secondary N) is 2. The number of carboxylic acid groups (broad SMARTS) is 1. The maximum Gasteiger partial charge on any atom is 0.326 e. The summed E-state index contributed by atoms with van der Waals surface area (Å²) in [5, 5.41) is 26.1. The molecule has 0 fully saturated rings. The van der Waals surface area contributed by atoms with Crippen LogP contribution in [0.5, 0.6) is 0 Å². The zero-order valence-electron chi connectivity index (χ0n) is 9.74. The largest absolute Gasteiger partial charge is 0.480 e. The van der Waals surface area contributed by atoms with Crippen LogP contribution in [0.3, 0.4) is 0 Å². The molecule has 8 heteroatoms. The number of aliphatic hydroxyl groups is 1. The second-order valence-electron chi connectivity index (χ2n) is 3.57. The first kappa shape index (κ1) is 14.0. The second-order valence-corrected chi connectivity index (χ2v) is 3.57. The molecule has 0 aliphatic rings. The molecule has 2 amide bonds. The van der Waals surface area contributed by atoms with Crippen LogP contribution in [-0.2, 0) is 11.3 Å². The van der Waals surface area contributed by atoms with Gasteiger partial charge in [0.25, 0.3) is 0 Å². The molecule has 4 N–H and O–H groups in total. The second kappa shape index (κ2) is 7.28. The summed E-state index contributed by atoms with van der Waals surface area (Å²) in [5.74, 6) is -1.17. The lowest BCUT2D eigenvalue weighted by Gasteiger charge is -2.13. The van der Waals surface area contributed by atoms with Crippen LogP contribution in [0.1, 0.15) is 6.42 Å². The summed E-state index contributed by atoms with van der Waals surface area (Å²) in [6.07, 6.45) is 3.36. The van der Waals surface area contributed by atoms with Gasteiger partial charge >= 0.3 is 12.0 Å². The van der Waals surface area contributed by atoms with Crippen LogP contribution in [0, 0.1) is 0 Å². The highest BCUT2D eigenvalue weighted by Gasteiger charge is 2.18. The molecule has 8 nitrogen and oxygen atoms in total. The van der Waals surface area contributed by atoms with Crippen molar-refractivity contribution in [2.45, 2.75) is 19.0 Å². The van der Waals surface area contributed by atoms with E-state index < -0.39 is 18.0 Å². The molecule has 1 heterocycles. The molecule has 0 bridgehead atoms. The number of aliphatic hydroxyl groups excluding tert-OH is 1. The van der Waals surface area contributed by atoms with E-state index in [2.05, 4.69) is 15.7 Å². The van der Waals surface area contributed by atoms with Crippen LogP contribution in [0.25, 0.3) is 0 Å². The number of aromatic nitrogens is 2. The first-order chi connectivity index (χ1) is 8.63. The van der Waals surface area contributed by atoms with Crippen LogP contribution in [0.15, 0.2) is 18.5 Å².